The van der Waals surface area contributed by atoms with Crippen LogP contribution in [0.2, 0.25) is 0 Å². The number of benzene rings is 1. The maximum Gasteiger partial charge on any atom is 0.0665 e. The van der Waals surface area contributed by atoms with Crippen molar-refractivity contribution < 1.29 is 0 Å². The van der Waals surface area contributed by atoms with Gasteiger partial charge in [-0.05, 0) is 25.0 Å². The van der Waals surface area contributed by atoms with Gasteiger partial charge in [0.1, 0.15) is 0 Å². The fourth-order valence-corrected chi connectivity index (χ4v) is 1.86. The van der Waals surface area contributed by atoms with Crippen LogP contribution in [-0.2, 0) is 5.54 Å². The van der Waals surface area contributed by atoms with Crippen LogP contribution >= 0.6 is 12.4 Å². The minimum atomic E-state index is -0.115. The van der Waals surface area contributed by atoms with Gasteiger partial charge in [-0.3, -0.25) is 0 Å². The van der Waals surface area contributed by atoms with Gasteiger partial charge >= 0.3 is 0 Å². The number of hydrogen-bond acceptors (Lipinski definition) is 2. The minimum absolute atomic E-state index is 0. The van der Waals surface area contributed by atoms with Crippen LogP contribution in [0.5, 0.6) is 0 Å². The molecule has 0 amide bonds. The molecule has 0 saturated carbocycles. The molecule has 1 aromatic carbocycles. The van der Waals surface area contributed by atoms with Crippen molar-refractivity contribution in [2.24, 2.45) is 5.73 Å². The van der Waals surface area contributed by atoms with E-state index in [4.69, 9.17) is 5.73 Å². The van der Waals surface area contributed by atoms with E-state index in [1.54, 1.807) is 0 Å². The van der Waals surface area contributed by atoms with Crippen molar-refractivity contribution in [3.8, 4) is 0 Å². The SMILES string of the molecule is Cc1ccc(C)c(C2(N)CNC2)c1.Cl. The lowest BCUT2D eigenvalue weighted by Crippen LogP contribution is -2.63. The summed E-state index contributed by atoms with van der Waals surface area (Å²) in [7, 11) is 0. The lowest BCUT2D eigenvalue weighted by Gasteiger charge is -2.40. The summed E-state index contributed by atoms with van der Waals surface area (Å²) in [6.07, 6.45) is 0. The maximum absolute atomic E-state index is 6.23. The third-order valence-electron chi connectivity index (χ3n) is 2.81. The molecular formula is C11H17ClN2. The van der Waals surface area contributed by atoms with E-state index in [0.717, 1.165) is 13.1 Å². The van der Waals surface area contributed by atoms with Crippen molar-refractivity contribution in [1.29, 1.82) is 0 Å². The Kier molecular flexibility index (Phi) is 3.20. The summed E-state index contributed by atoms with van der Waals surface area (Å²) in [5, 5.41) is 3.22. The average Bonchev–Trinajstić information content (AvgIpc) is 2.05. The van der Waals surface area contributed by atoms with Crippen molar-refractivity contribution in [2.75, 3.05) is 13.1 Å². The highest BCUT2D eigenvalue weighted by Gasteiger charge is 2.35. The summed E-state index contributed by atoms with van der Waals surface area (Å²) in [6, 6.07) is 6.49. The quantitative estimate of drug-likeness (QED) is 0.740. The van der Waals surface area contributed by atoms with Gasteiger partial charge in [-0.1, -0.05) is 23.8 Å². The lowest BCUT2D eigenvalue weighted by molar-refractivity contribution is 0.286. The third-order valence-corrected chi connectivity index (χ3v) is 2.81. The molecule has 1 aromatic rings. The normalized spacial score (nSPS) is 18.2. The van der Waals surface area contributed by atoms with E-state index in [1.807, 2.05) is 0 Å². The molecule has 0 bridgehead atoms. The summed E-state index contributed by atoms with van der Waals surface area (Å²) in [5.41, 5.74) is 10.0. The zero-order valence-corrected chi connectivity index (χ0v) is 9.45. The van der Waals surface area contributed by atoms with E-state index < -0.39 is 0 Å². The van der Waals surface area contributed by atoms with Gasteiger partial charge in [0, 0.05) is 13.1 Å². The Morgan fingerprint density at radius 3 is 2.43 bits per heavy atom. The Labute approximate surface area is 91.3 Å². The van der Waals surface area contributed by atoms with E-state index in [-0.39, 0.29) is 17.9 Å². The van der Waals surface area contributed by atoms with Gasteiger partial charge in [0.2, 0.25) is 0 Å². The molecule has 1 heterocycles. The van der Waals surface area contributed by atoms with E-state index >= 15 is 0 Å². The highest BCUT2D eigenvalue weighted by molar-refractivity contribution is 5.85. The van der Waals surface area contributed by atoms with Crippen LogP contribution in [-0.4, -0.2) is 13.1 Å². The summed E-state index contributed by atoms with van der Waals surface area (Å²) >= 11 is 0. The first-order valence-electron chi connectivity index (χ1n) is 4.69. The molecule has 3 heteroatoms. The van der Waals surface area contributed by atoms with Crippen molar-refractivity contribution in [2.45, 2.75) is 19.4 Å². The standard InChI is InChI=1S/C11H16N2.ClH/c1-8-3-4-9(2)10(5-8)11(12)6-13-7-11;/h3-5,13H,6-7,12H2,1-2H3;1H. The molecule has 0 aliphatic carbocycles. The highest BCUT2D eigenvalue weighted by atomic mass is 35.5. The second-order valence-electron chi connectivity index (χ2n) is 4.08. The maximum atomic E-state index is 6.23. The van der Waals surface area contributed by atoms with Gasteiger partial charge < -0.3 is 11.1 Å². The fraction of sp³-hybridized carbons (Fsp3) is 0.455. The predicted molar refractivity (Wildman–Crippen MR) is 61.9 cm³/mol. The number of nitrogens with two attached hydrogens (primary N) is 1. The third kappa shape index (κ3) is 1.78. The average molecular weight is 213 g/mol. The Morgan fingerprint density at radius 2 is 1.93 bits per heavy atom. The minimum Gasteiger partial charge on any atom is -0.319 e. The molecule has 0 aromatic heterocycles. The van der Waals surface area contributed by atoms with Gasteiger partial charge in [-0.2, -0.15) is 0 Å². The van der Waals surface area contributed by atoms with Crippen LogP contribution in [0.25, 0.3) is 0 Å². The van der Waals surface area contributed by atoms with Crippen LogP contribution in [0.4, 0.5) is 0 Å². The molecule has 1 aliphatic heterocycles. The molecule has 78 valence electrons. The Bertz CT molecular complexity index is 332. The first-order chi connectivity index (χ1) is 6.12. The molecule has 1 aliphatic rings. The fourth-order valence-electron chi connectivity index (χ4n) is 1.86. The van der Waals surface area contributed by atoms with Crippen molar-refractivity contribution in [3.63, 3.8) is 0 Å². The molecule has 0 spiro atoms. The Balaban J connectivity index is 0.000000980. The molecular weight excluding hydrogens is 196 g/mol. The Hall–Kier alpha value is -0.570. The zero-order valence-electron chi connectivity index (χ0n) is 8.63. The van der Waals surface area contributed by atoms with E-state index in [9.17, 15) is 0 Å². The van der Waals surface area contributed by atoms with Crippen LogP contribution in [0.1, 0.15) is 16.7 Å². The summed E-state index contributed by atoms with van der Waals surface area (Å²) in [5.74, 6) is 0. The molecule has 0 atom stereocenters. The van der Waals surface area contributed by atoms with Gasteiger partial charge in [-0.25, -0.2) is 0 Å². The first-order valence-corrected chi connectivity index (χ1v) is 4.69. The molecule has 0 radical (unpaired) electrons. The van der Waals surface area contributed by atoms with Gasteiger partial charge in [0.25, 0.3) is 0 Å². The lowest BCUT2D eigenvalue weighted by atomic mass is 9.82. The predicted octanol–water partition coefficient (Wildman–Crippen LogP) is 1.48. The highest BCUT2D eigenvalue weighted by Crippen LogP contribution is 2.26. The molecule has 1 fully saturated rings. The largest absolute Gasteiger partial charge is 0.319 e. The monoisotopic (exact) mass is 212 g/mol. The van der Waals surface area contributed by atoms with Gasteiger partial charge in [-0.15, -0.1) is 12.4 Å². The number of rotatable bonds is 1. The zero-order chi connectivity index (χ0) is 9.47. The van der Waals surface area contributed by atoms with E-state index in [1.165, 1.54) is 16.7 Å². The second kappa shape index (κ2) is 3.89. The summed E-state index contributed by atoms with van der Waals surface area (Å²) in [6.45, 7) is 6.04. The molecule has 2 nitrogen and oxygen atoms in total. The summed E-state index contributed by atoms with van der Waals surface area (Å²) in [4.78, 5) is 0. The van der Waals surface area contributed by atoms with Gasteiger partial charge in [0.15, 0.2) is 0 Å². The molecule has 0 unspecified atom stereocenters. The van der Waals surface area contributed by atoms with Crippen molar-refractivity contribution in [1.82, 2.24) is 5.32 Å². The summed E-state index contributed by atoms with van der Waals surface area (Å²) < 4.78 is 0. The Morgan fingerprint density at radius 1 is 1.29 bits per heavy atom. The smallest absolute Gasteiger partial charge is 0.0665 e. The van der Waals surface area contributed by atoms with Crippen molar-refractivity contribution >= 4 is 12.4 Å². The molecule has 3 N–H and O–H groups in total. The second-order valence-corrected chi connectivity index (χ2v) is 4.08. The number of hydrogen-bond donors (Lipinski definition) is 2. The van der Waals surface area contributed by atoms with Crippen LogP contribution in [0.15, 0.2) is 18.2 Å². The molecule has 1 saturated heterocycles. The van der Waals surface area contributed by atoms with Crippen LogP contribution < -0.4 is 11.1 Å². The number of aryl methyl sites for hydroxylation is 2. The number of halogens is 1. The van der Waals surface area contributed by atoms with Crippen LogP contribution in [0.3, 0.4) is 0 Å². The van der Waals surface area contributed by atoms with E-state index in [2.05, 4.69) is 37.4 Å². The topological polar surface area (TPSA) is 38.0 Å². The molecule has 14 heavy (non-hydrogen) atoms. The van der Waals surface area contributed by atoms with E-state index in [0.29, 0.717) is 0 Å². The number of nitrogens with one attached hydrogen (secondary N) is 1. The molecule has 2 rings (SSSR count). The first kappa shape index (κ1) is 11.5. The van der Waals surface area contributed by atoms with Crippen molar-refractivity contribution in [3.05, 3.63) is 34.9 Å². The van der Waals surface area contributed by atoms with Crippen LogP contribution in [0, 0.1) is 13.8 Å². The van der Waals surface area contributed by atoms with Gasteiger partial charge in [0.05, 0.1) is 5.54 Å².